The van der Waals surface area contributed by atoms with Crippen molar-refractivity contribution in [1.82, 2.24) is 20.3 Å². The molecule has 1 aromatic heterocycles. The summed E-state index contributed by atoms with van der Waals surface area (Å²) in [5.41, 5.74) is 0. The minimum Gasteiger partial charge on any atom is -0.484 e. The largest absolute Gasteiger partial charge is 0.484 e. The first-order valence-corrected chi connectivity index (χ1v) is 6.96. The van der Waals surface area contributed by atoms with E-state index in [0.29, 0.717) is 12.3 Å². The summed E-state index contributed by atoms with van der Waals surface area (Å²) in [4.78, 5) is 13.5. The molecule has 21 heavy (non-hydrogen) atoms. The molecule has 2 rings (SSSR count). The van der Waals surface area contributed by atoms with Crippen LogP contribution >= 0.6 is 0 Å². The molecule has 1 amide bonds. The lowest BCUT2D eigenvalue weighted by molar-refractivity contribution is -0.124. The number of carbonyl (C=O) groups is 1. The lowest BCUT2D eigenvalue weighted by Gasteiger charge is -2.21. The van der Waals surface area contributed by atoms with Crippen LogP contribution in [-0.4, -0.2) is 33.5 Å². The van der Waals surface area contributed by atoms with Crippen LogP contribution in [0.1, 0.15) is 13.8 Å². The second-order valence-electron chi connectivity index (χ2n) is 5.10. The first-order chi connectivity index (χ1) is 10.1. The van der Waals surface area contributed by atoms with Crippen molar-refractivity contribution >= 4 is 5.91 Å². The molecule has 1 atom stereocenters. The predicted molar refractivity (Wildman–Crippen MR) is 78.7 cm³/mol. The Balaban J connectivity index is 1.83. The third kappa shape index (κ3) is 4.91. The van der Waals surface area contributed by atoms with Gasteiger partial charge in [0.25, 0.3) is 5.91 Å². The van der Waals surface area contributed by atoms with Crippen molar-refractivity contribution in [3.8, 4) is 5.75 Å². The zero-order valence-corrected chi connectivity index (χ0v) is 12.3. The number of amides is 1. The van der Waals surface area contributed by atoms with Crippen LogP contribution in [0.3, 0.4) is 0 Å². The quantitative estimate of drug-likeness (QED) is 0.838. The number of hydrogen-bond acceptors (Lipinski definition) is 4. The van der Waals surface area contributed by atoms with E-state index in [4.69, 9.17) is 4.74 Å². The van der Waals surface area contributed by atoms with Crippen LogP contribution in [0.4, 0.5) is 0 Å². The molecule has 1 aromatic carbocycles. The van der Waals surface area contributed by atoms with Gasteiger partial charge in [0, 0.05) is 0 Å². The fourth-order valence-electron chi connectivity index (χ4n) is 1.85. The average molecular weight is 288 g/mol. The summed E-state index contributed by atoms with van der Waals surface area (Å²) in [5, 5.41) is 11.1. The van der Waals surface area contributed by atoms with Gasteiger partial charge in [0.15, 0.2) is 6.61 Å². The number of nitrogens with one attached hydrogen (secondary N) is 1. The molecule has 2 aromatic rings. The van der Waals surface area contributed by atoms with E-state index in [1.807, 2.05) is 44.2 Å². The Morgan fingerprint density at radius 1 is 1.24 bits per heavy atom. The number of rotatable bonds is 7. The van der Waals surface area contributed by atoms with Gasteiger partial charge in [-0.15, -0.1) is 0 Å². The first kappa shape index (κ1) is 15.0. The van der Waals surface area contributed by atoms with E-state index in [0.717, 1.165) is 0 Å². The monoisotopic (exact) mass is 288 g/mol. The first-order valence-electron chi connectivity index (χ1n) is 6.96. The second kappa shape index (κ2) is 7.42. The Morgan fingerprint density at radius 3 is 2.52 bits per heavy atom. The molecule has 0 unspecified atom stereocenters. The fraction of sp³-hybridized carbons (Fsp3) is 0.400. The number of carbonyl (C=O) groups excluding carboxylic acids is 1. The number of nitrogens with zero attached hydrogens (tertiary/aromatic N) is 3. The maximum atomic E-state index is 12.0. The van der Waals surface area contributed by atoms with Gasteiger partial charge in [-0.3, -0.25) is 4.79 Å². The lowest BCUT2D eigenvalue weighted by atomic mass is 10.0. The lowest BCUT2D eigenvalue weighted by Crippen LogP contribution is -2.44. The molecule has 1 N–H and O–H groups in total. The molecule has 0 spiro atoms. The Hall–Kier alpha value is -2.37. The maximum Gasteiger partial charge on any atom is 0.258 e. The Labute approximate surface area is 124 Å². The van der Waals surface area contributed by atoms with Crippen LogP contribution in [-0.2, 0) is 11.3 Å². The summed E-state index contributed by atoms with van der Waals surface area (Å²) in [7, 11) is 0. The van der Waals surface area contributed by atoms with Gasteiger partial charge in [-0.2, -0.15) is 15.0 Å². The molecule has 0 aliphatic carbocycles. The molecule has 0 fully saturated rings. The number of hydrogen-bond donors (Lipinski definition) is 1. The minimum absolute atomic E-state index is 0.000229. The maximum absolute atomic E-state index is 12.0. The summed E-state index contributed by atoms with van der Waals surface area (Å²) in [6.45, 7) is 4.64. The highest BCUT2D eigenvalue weighted by molar-refractivity contribution is 5.77. The van der Waals surface area contributed by atoms with Crippen molar-refractivity contribution in [3.05, 3.63) is 42.7 Å². The van der Waals surface area contributed by atoms with Crippen LogP contribution in [0, 0.1) is 5.92 Å². The molecule has 6 nitrogen and oxygen atoms in total. The molecule has 0 aliphatic rings. The van der Waals surface area contributed by atoms with E-state index >= 15 is 0 Å². The van der Waals surface area contributed by atoms with E-state index in [2.05, 4.69) is 15.5 Å². The van der Waals surface area contributed by atoms with Crippen molar-refractivity contribution in [2.45, 2.75) is 26.4 Å². The topological polar surface area (TPSA) is 69.0 Å². The Morgan fingerprint density at radius 2 is 1.90 bits per heavy atom. The zero-order valence-electron chi connectivity index (χ0n) is 12.3. The molecule has 1 heterocycles. The third-order valence-electron chi connectivity index (χ3n) is 3.09. The highest BCUT2D eigenvalue weighted by atomic mass is 16.5. The second-order valence-corrected chi connectivity index (χ2v) is 5.10. The summed E-state index contributed by atoms with van der Waals surface area (Å²) in [6, 6.07) is 9.24. The number of ether oxygens (including phenoxy) is 1. The molecule has 112 valence electrons. The summed E-state index contributed by atoms with van der Waals surface area (Å²) in [5.74, 6) is 0.809. The van der Waals surface area contributed by atoms with Crippen molar-refractivity contribution < 1.29 is 9.53 Å². The molecule has 0 saturated carbocycles. The van der Waals surface area contributed by atoms with Crippen molar-refractivity contribution in [1.29, 1.82) is 0 Å². The summed E-state index contributed by atoms with van der Waals surface area (Å²) < 4.78 is 5.43. The van der Waals surface area contributed by atoms with Gasteiger partial charge in [-0.1, -0.05) is 32.0 Å². The van der Waals surface area contributed by atoms with E-state index < -0.39 is 0 Å². The van der Waals surface area contributed by atoms with Gasteiger partial charge in [0.2, 0.25) is 0 Å². The smallest absolute Gasteiger partial charge is 0.258 e. The van der Waals surface area contributed by atoms with Crippen LogP contribution < -0.4 is 10.1 Å². The van der Waals surface area contributed by atoms with Gasteiger partial charge in [0.1, 0.15) is 5.75 Å². The number of aromatic nitrogens is 3. The third-order valence-corrected chi connectivity index (χ3v) is 3.09. The highest BCUT2D eigenvalue weighted by Crippen LogP contribution is 2.08. The molecule has 6 heteroatoms. The molecule has 0 radical (unpaired) electrons. The van der Waals surface area contributed by atoms with E-state index in [1.54, 1.807) is 17.2 Å². The molecule has 0 saturated heterocycles. The standard InChI is InChI=1S/C15H20N4O2/c1-12(2)14(10-19-16-8-9-17-19)18-15(20)11-21-13-6-4-3-5-7-13/h3-9,12,14H,10-11H2,1-2H3,(H,18,20)/t14-/m1/s1. The number of para-hydroxylation sites is 1. The van der Waals surface area contributed by atoms with E-state index in [1.165, 1.54) is 0 Å². The molecule has 0 bridgehead atoms. The predicted octanol–water partition coefficient (Wildman–Crippen LogP) is 1.50. The van der Waals surface area contributed by atoms with Gasteiger partial charge in [-0.05, 0) is 18.1 Å². The molecule has 0 aliphatic heterocycles. The SMILES string of the molecule is CC(C)[C@@H](Cn1nccn1)NC(=O)COc1ccccc1. The van der Waals surface area contributed by atoms with Crippen LogP contribution in [0.25, 0.3) is 0 Å². The van der Waals surface area contributed by atoms with E-state index in [-0.39, 0.29) is 24.5 Å². The summed E-state index contributed by atoms with van der Waals surface area (Å²) >= 11 is 0. The minimum atomic E-state index is -0.148. The fourth-order valence-corrected chi connectivity index (χ4v) is 1.85. The summed E-state index contributed by atoms with van der Waals surface area (Å²) in [6.07, 6.45) is 3.25. The molecular weight excluding hydrogens is 268 g/mol. The van der Waals surface area contributed by atoms with Gasteiger partial charge >= 0.3 is 0 Å². The number of benzene rings is 1. The Bertz CT molecular complexity index is 540. The van der Waals surface area contributed by atoms with Gasteiger partial charge < -0.3 is 10.1 Å². The molecular formula is C15H20N4O2. The van der Waals surface area contributed by atoms with Crippen LogP contribution in [0.5, 0.6) is 5.75 Å². The van der Waals surface area contributed by atoms with Gasteiger partial charge in [0.05, 0.1) is 25.0 Å². The van der Waals surface area contributed by atoms with Gasteiger partial charge in [-0.25, -0.2) is 0 Å². The van der Waals surface area contributed by atoms with Crippen LogP contribution in [0.15, 0.2) is 42.7 Å². The highest BCUT2D eigenvalue weighted by Gasteiger charge is 2.17. The Kier molecular flexibility index (Phi) is 5.31. The van der Waals surface area contributed by atoms with Crippen molar-refractivity contribution in [2.24, 2.45) is 5.92 Å². The average Bonchev–Trinajstić information content (AvgIpc) is 2.98. The van der Waals surface area contributed by atoms with E-state index in [9.17, 15) is 4.79 Å². The van der Waals surface area contributed by atoms with Crippen LogP contribution in [0.2, 0.25) is 0 Å². The normalized spacial score (nSPS) is 12.1. The zero-order chi connectivity index (χ0) is 15.1. The van der Waals surface area contributed by atoms with Crippen molar-refractivity contribution in [2.75, 3.05) is 6.61 Å². The van der Waals surface area contributed by atoms with Crippen molar-refractivity contribution in [3.63, 3.8) is 0 Å².